The summed E-state index contributed by atoms with van der Waals surface area (Å²) in [4.78, 5) is 25.1. The van der Waals surface area contributed by atoms with Crippen LogP contribution in [0.3, 0.4) is 0 Å². The molecule has 1 amide bonds. The highest BCUT2D eigenvalue weighted by Gasteiger charge is 2.26. The first-order valence-corrected chi connectivity index (χ1v) is 11.6. The lowest BCUT2D eigenvalue weighted by atomic mass is 10.1. The zero-order valence-electron chi connectivity index (χ0n) is 17.2. The summed E-state index contributed by atoms with van der Waals surface area (Å²) in [5, 5.41) is 15.7. The van der Waals surface area contributed by atoms with E-state index >= 15 is 0 Å². The molecule has 2 heterocycles. The molecule has 3 N–H and O–H groups in total. The van der Waals surface area contributed by atoms with Crippen LogP contribution >= 0.6 is 0 Å². The minimum absolute atomic E-state index is 0.0785. The van der Waals surface area contributed by atoms with E-state index in [2.05, 4.69) is 15.1 Å². The molecule has 168 valence electrons. The van der Waals surface area contributed by atoms with E-state index < -0.39 is 16.0 Å². The molecule has 0 radical (unpaired) electrons. The molecule has 1 saturated heterocycles. The van der Waals surface area contributed by atoms with Gasteiger partial charge in [-0.2, -0.15) is 4.68 Å². The average molecular weight is 452 g/mol. The molecule has 1 aliphatic heterocycles. The Hall–Kier alpha value is -3.28. The van der Waals surface area contributed by atoms with Gasteiger partial charge in [-0.15, -0.1) is 5.10 Å². The van der Waals surface area contributed by atoms with Crippen LogP contribution in [0.4, 0.5) is 16.3 Å². The standard InChI is InChI=1S/C19H25N5O6S/c1-13-3-4-16(15(11-13)20-12-18(25)26)30-14-5-8-23(9-6-14)19(27)24-10-7-17(21-24)22-31(2,28)29/h3-4,7,10-11,14,20H,5-6,8-9,12H2,1-2H3,(H,21,22)(H,25,26). The second kappa shape index (κ2) is 9.25. The van der Waals surface area contributed by atoms with Crippen molar-refractivity contribution in [3.05, 3.63) is 36.0 Å². The number of benzene rings is 1. The van der Waals surface area contributed by atoms with Crippen molar-refractivity contribution in [2.45, 2.75) is 25.9 Å². The molecule has 0 unspecified atom stereocenters. The lowest BCUT2D eigenvalue weighted by Crippen LogP contribution is -2.43. The first-order valence-electron chi connectivity index (χ1n) is 9.66. The number of likely N-dealkylation sites (tertiary alicyclic amines) is 1. The first kappa shape index (κ1) is 22.4. The SMILES string of the molecule is Cc1ccc(OC2CCN(C(=O)n3ccc(NS(C)(=O)=O)n3)CC2)c(NCC(=O)O)c1. The van der Waals surface area contributed by atoms with E-state index in [1.54, 1.807) is 11.0 Å². The minimum atomic E-state index is -3.47. The Morgan fingerprint density at radius 3 is 2.61 bits per heavy atom. The Morgan fingerprint density at radius 1 is 1.26 bits per heavy atom. The number of nitrogens with one attached hydrogen (secondary N) is 2. The molecule has 0 saturated carbocycles. The number of carbonyl (C=O) groups is 2. The number of ether oxygens (including phenoxy) is 1. The fourth-order valence-corrected chi connectivity index (χ4v) is 3.71. The van der Waals surface area contributed by atoms with Gasteiger partial charge in [-0.3, -0.25) is 9.52 Å². The van der Waals surface area contributed by atoms with E-state index in [0.29, 0.717) is 37.4 Å². The maximum Gasteiger partial charge on any atom is 0.344 e. The van der Waals surface area contributed by atoms with Crippen LogP contribution in [0, 0.1) is 6.92 Å². The van der Waals surface area contributed by atoms with Gasteiger partial charge in [0.2, 0.25) is 10.0 Å². The van der Waals surface area contributed by atoms with Gasteiger partial charge in [0.25, 0.3) is 0 Å². The number of piperidine rings is 1. The summed E-state index contributed by atoms with van der Waals surface area (Å²) in [6.07, 6.45) is 3.47. The third-order valence-corrected chi connectivity index (χ3v) is 5.23. The van der Waals surface area contributed by atoms with Crippen LogP contribution in [-0.4, -0.2) is 72.2 Å². The van der Waals surface area contributed by atoms with Crippen LogP contribution < -0.4 is 14.8 Å². The van der Waals surface area contributed by atoms with Crippen LogP contribution in [0.1, 0.15) is 18.4 Å². The molecule has 31 heavy (non-hydrogen) atoms. The number of hydrogen-bond donors (Lipinski definition) is 3. The van der Waals surface area contributed by atoms with Crippen LogP contribution in [0.5, 0.6) is 5.75 Å². The lowest BCUT2D eigenvalue weighted by Gasteiger charge is -2.32. The topological polar surface area (TPSA) is 143 Å². The van der Waals surface area contributed by atoms with Gasteiger partial charge >= 0.3 is 12.0 Å². The van der Waals surface area contributed by atoms with Crippen molar-refractivity contribution in [2.75, 3.05) is 35.9 Å². The van der Waals surface area contributed by atoms with Crippen LogP contribution in [0.15, 0.2) is 30.5 Å². The third-order valence-electron chi connectivity index (χ3n) is 4.65. The highest BCUT2D eigenvalue weighted by atomic mass is 32.2. The van der Waals surface area contributed by atoms with E-state index in [4.69, 9.17) is 9.84 Å². The summed E-state index contributed by atoms with van der Waals surface area (Å²) in [6.45, 7) is 2.59. The molecule has 2 aromatic rings. The third kappa shape index (κ3) is 6.35. The number of carboxylic acid groups (broad SMARTS) is 1. The van der Waals surface area contributed by atoms with Gasteiger partial charge in [-0.25, -0.2) is 13.2 Å². The quantitative estimate of drug-likeness (QED) is 0.576. The highest BCUT2D eigenvalue weighted by molar-refractivity contribution is 7.92. The summed E-state index contributed by atoms with van der Waals surface area (Å²) in [6, 6.07) is 6.59. The normalized spacial score (nSPS) is 14.8. The van der Waals surface area contributed by atoms with Crippen LogP contribution in [0.2, 0.25) is 0 Å². The minimum Gasteiger partial charge on any atom is -0.488 e. The van der Waals surface area contributed by atoms with Crippen molar-refractivity contribution in [1.29, 1.82) is 0 Å². The fourth-order valence-electron chi connectivity index (χ4n) is 3.22. The fraction of sp³-hybridized carbons (Fsp3) is 0.421. The van der Waals surface area contributed by atoms with Crippen LogP contribution in [-0.2, 0) is 14.8 Å². The van der Waals surface area contributed by atoms with Gasteiger partial charge in [-0.1, -0.05) is 6.07 Å². The number of carboxylic acids is 1. The van der Waals surface area contributed by atoms with E-state index in [9.17, 15) is 18.0 Å². The predicted octanol–water partition coefficient (Wildman–Crippen LogP) is 1.57. The zero-order valence-corrected chi connectivity index (χ0v) is 18.1. The molecule has 1 fully saturated rings. The van der Waals surface area contributed by atoms with Crippen molar-refractivity contribution >= 4 is 33.5 Å². The Labute approximate surface area is 180 Å². The molecule has 1 aromatic heterocycles. The summed E-state index contributed by atoms with van der Waals surface area (Å²) >= 11 is 0. The molecule has 12 heteroatoms. The van der Waals surface area contributed by atoms with E-state index in [1.165, 1.54) is 12.3 Å². The number of carbonyl (C=O) groups excluding carboxylic acids is 1. The molecule has 0 atom stereocenters. The number of aromatic nitrogens is 2. The van der Waals surface area contributed by atoms with Gasteiger partial charge in [0, 0.05) is 38.2 Å². The summed E-state index contributed by atoms with van der Waals surface area (Å²) in [7, 11) is -3.47. The second-order valence-electron chi connectivity index (χ2n) is 7.35. The Balaban J connectivity index is 1.58. The molecule has 0 aliphatic carbocycles. The lowest BCUT2D eigenvalue weighted by molar-refractivity contribution is -0.134. The van der Waals surface area contributed by atoms with Gasteiger partial charge in [0.15, 0.2) is 5.82 Å². The molecule has 1 aromatic carbocycles. The van der Waals surface area contributed by atoms with Crippen molar-refractivity contribution < 1.29 is 27.9 Å². The number of sulfonamides is 1. The van der Waals surface area contributed by atoms with Crippen molar-refractivity contribution in [3.63, 3.8) is 0 Å². The highest BCUT2D eigenvalue weighted by Crippen LogP contribution is 2.28. The number of anilines is 2. The summed E-state index contributed by atoms with van der Waals surface area (Å²) in [5.41, 5.74) is 1.59. The second-order valence-corrected chi connectivity index (χ2v) is 9.10. The van der Waals surface area contributed by atoms with E-state index in [1.807, 2.05) is 19.1 Å². The average Bonchev–Trinajstić information content (AvgIpc) is 3.14. The van der Waals surface area contributed by atoms with E-state index in [0.717, 1.165) is 16.5 Å². The van der Waals surface area contributed by atoms with Crippen LogP contribution in [0.25, 0.3) is 0 Å². The molecule has 3 rings (SSSR count). The van der Waals surface area contributed by atoms with Gasteiger partial charge in [-0.05, 0) is 24.6 Å². The van der Waals surface area contributed by atoms with Crippen molar-refractivity contribution in [2.24, 2.45) is 0 Å². The Kier molecular flexibility index (Phi) is 6.68. The summed E-state index contributed by atoms with van der Waals surface area (Å²) in [5.74, 6) is -0.317. The number of hydrogen-bond acceptors (Lipinski definition) is 7. The van der Waals surface area contributed by atoms with E-state index in [-0.39, 0.29) is 24.5 Å². The molecule has 0 bridgehead atoms. The number of nitrogens with zero attached hydrogens (tertiary/aromatic N) is 3. The number of amides is 1. The maximum absolute atomic E-state index is 12.6. The number of rotatable bonds is 7. The molecular weight excluding hydrogens is 426 g/mol. The smallest absolute Gasteiger partial charge is 0.344 e. The van der Waals surface area contributed by atoms with Gasteiger partial charge in [0.1, 0.15) is 18.4 Å². The number of aliphatic carboxylic acids is 1. The zero-order chi connectivity index (χ0) is 22.6. The number of aryl methyl sites for hydroxylation is 1. The molecule has 0 spiro atoms. The van der Waals surface area contributed by atoms with Gasteiger partial charge in [0.05, 0.1) is 11.9 Å². The van der Waals surface area contributed by atoms with Crippen molar-refractivity contribution in [1.82, 2.24) is 14.7 Å². The Morgan fingerprint density at radius 2 is 1.97 bits per heavy atom. The Bertz CT molecular complexity index is 1060. The summed E-state index contributed by atoms with van der Waals surface area (Å²) < 4.78 is 32.0. The van der Waals surface area contributed by atoms with Gasteiger partial charge < -0.3 is 20.1 Å². The first-order chi connectivity index (χ1) is 14.6. The molecule has 1 aliphatic rings. The monoisotopic (exact) mass is 451 g/mol. The molecule has 11 nitrogen and oxygen atoms in total. The van der Waals surface area contributed by atoms with Crippen molar-refractivity contribution in [3.8, 4) is 5.75 Å². The molecular formula is C19H25N5O6S. The largest absolute Gasteiger partial charge is 0.488 e. The predicted molar refractivity (Wildman–Crippen MR) is 114 cm³/mol. The maximum atomic E-state index is 12.6.